The molecule has 2 aliphatic rings. The number of esters is 1. The van der Waals surface area contributed by atoms with Crippen molar-refractivity contribution in [3.05, 3.63) is 29.8 Å². The van der Waals surface area contributed by atoms with Crippen LogP contribution in [0.25, 0.3) is 0 Å². The van der Waals surface area contributed by atoms with Gasteiger partial charge in [0.1, 0.15) is 0 Å². The van der Waals surface area contributed by atoms with Crippen molar-refractivity contribution >= 4 is 17.7 Å². The first kappa shape index (κ1) is 12.5. The highest BCUT2D eigenvalue weighted by molar-refractivity contribution is 5.95. The minimum atomic E-state index is -0.941. The molecule has 0 aliphatic carbocycles. The molecule has 3 atom stereocenters. The number of amides is 1. The molecule has 6 heteroatoms. The Kier molecular flexibility index (Phi) is 2.48. The number of ether oxygens (including phenoxy) is 2. The van der Waals surface area contributed by atoms with Gasteiger partial charge in [0.05, 0.1) is 24.3 Å². The quantitative estimate of drug-likeness (QED) is 0.669. The summed E-state index contributed by atoms with van der Waals surface area (Å²) in [5.74, 6) is -1.55. The molecular weight excluding hydrogens is 260 g/mol. The van der Waals surface area contributed by atoms with Crippen molar-refractivity contribution in [2.45, 2.75) is 18.6 Å². The smallest absolute Gasteiger partial charge is 0.417 e. The standard InChI is InChI=1S/C14H12N2O4/c1-14-8-5-3-4-6-10(8)16(13(18)19-2)12(14)20-11(17)9(14)7-15/h3-6,9,12H,1-2H3/t9-,12-,14+/m0/s1. The highest BCUT2D eigenvalue weighted by Gasteiger charge is 2.64. The van der Waals surface area contributed by atoms with Crippen LogP contribution in [0.15, 0.2) is 24.3 Å². The van der Waals surface area contributed by atoms with Gasteiger partial charge in [0, 0.05) is 0 Å². The van der Waals surface area contributed by atoms with Crippen molar-refractivity contribution in [3.8, 4) is 6.07 Å². The Balaban J connectivity index is 2.23. The molecule has 1 aromatic rings. The average molecular weight is 272 g/mol. The van der Waals surface area contributed by atoms with Crippen LogP contribution in [0.4, 0.5) is 10.5 Å². The lowest BCUT2D eigenvalue weighted by atomic mass is 9.74. The van der Waals surface area contributed by atoms with Crippen LogP contribution in [0.2, 0.25) is 0 Å². The minimum absolute atomic E-state index is 0.608. The maximum absolute atomic E-state index is 12.0. The molecule has 1 saturated heterocycles. The fraction of sp³-hybridized carbons (Fsp3) is 0.357. The summed E-state index contributed by atoms with van der Waals surface area (Å²) < 4.78 is 10.0. The number of nitriles is 1. The molecular formula is C14H12N2O4. The molecule has 0 bridgehead atoms. The molecule has 2 heterocycles. The lowest BCUT2D eigenvalue weighted by Gasteiger charge is -2.26. The zero-order chi connectivity index (χ0) is 14.5. The van der Waals surface area contributed by atoms with Gasteiger partial charge in [-0.05, 0) is 18.6 Å². The average Bonchev–Trinajstić information content (AvgIpc) is 2.84. The van der Waals surface area contributed by atoms with Crippen LogP contribution in [-0.2, 0) is 19.7 Å². The Bertz CT molecular complexity index is 651. The van der Waals surface area contributed by atoms with Crippen molar-refractivity contribution in [2.24, 2.45) is 5.92 Å². The van der Waals surface area contributed by atoms with Gasteiger partial charge in [-0.25, -0.2) is 9.69 Å². The lowest BCUT2D eigenvalue weighted by molar-refractivity contribution is -0.142. The monoisotopic (exact) mass is 272 g/mol. The predicted molar refractivity (Wildman–Crippen MR) is 67.7 cm³/mol. The van der Waals surface area contributed by atoms with E-state index in [0.29, 0.717) is 5.69 Å². The van der Waals surface area contributed by atoms with Crippen LogP contribution in [-0.4, -0.2) is 25.4 Å². The van der Waals surface area contributed by atoms with Gasteiger partial charge in [0.15, 0.2) is 12.1 Å². The molecule has 1 aromatic carbocycles. The van der Waals surface area contributed by atoms with E-state index in [1.54, 1.807) is 31.2 Å². The van der Waals surface area contributed by atoms with Gasteiger partial charge < -0.3 is 9.47 Å². The van der Waals surface area contributed by atoms with Crippen molar-refractivity contribution in [1.29, 1.82) is 5.26 Å². The Hall–Kier alpha value is -2.55. The molecule has 0 aromatic heterocycles. The lowest BCUT2D eigenvalue weighted by Crippen LogP contribution is -2.45. The number of hydrogen-bond acceptors (Lipinski definition) is 5. The number of rotatable bonds is 0. The molecule has 3 rings (SSSR count). The highest BCUT2D eigenvalue weighted by atomic mass is 16.6. The molecule has 2 aliphatic heterocycles. The summed E-state index contributed by atoms with van der Waals surface area (Å²) >= 11 is 0. The summed E-state index contributed by atoms with van der Waals surface area (Å²) in [7, 11) is 1.26. The third-order valence-electron chi connectivity index (χ3n) is 4.06. The third kappa shape index (κ3) is 1.27. The molecule has 0 spiro atoms. The fourth-order valence-corrected chi connectivity index (χ4v) is 3.04. The van der Waals surface area contributed by atoms with Gasteiger partial charge in [-0.1, -0.05) is 18.2 Å². The number of nitrogens with zero attached hydrogens (tertiary/aromatic N) is 2. The number of benzene rings is 1. The molecule has 20 heavy (non-hydrogen) atoms. The van der Waals surface area contributed by atoms with Crippen molar-refractivity contribution in [2.75, 3.05) is 12.0 Å². The number of anilines is 1. The SMILES string of the molecule is COC(=O)N1c2ccccc2[C@@]2(C)[C@@H]1OC(=O)[C@@H]2C#N. The summed E-state index contributed by atoms with van der Waals surface area (Å²) in [6.45, 7) is 1.76. The van der Waals surface area contributed by atoms with Crippen molar-refractivity contribution in [3.63, 3.8) is 0 Å². The molecule has 102 valence electrons. The number of carbonyl (C=O) groups is 2. The van der Waals surface area contributed by atoms with E-state index in [-0.39, 0.29) is 0 Å². The first-order chi connectivity index (χ1) is 9.55. The Morgan fingerprint density at radius 1 is 1.50 bits per heavy atom. The van der Waals surface area contributed by atoms with E-state index in [4.69, 9.17) is 9.47 Å². The topological polar surface area (TPSA) is 79.6 Å². The van der Waals surface area contributed by atoms with Gasteiger partial charge >= 0.3 is 12.1 Å². The summed E-state index contributed by atoms with van der Waals surface area (Å²) in [6, 6.07) is 9.13. The van der Waals surface area contributed by atoms with E-state index in [0.717, 1.165) is 5.56 Å². The van der Waals surface area contributed by atoms with Crippen molar-refractivity contribution < 1.29 is 19.1 Å². The largest absolute Gasteiger partial charge is 0.452 e. The van der Waals surface area contributed by atoms with E-state index in [1.165, 1.54) is 12.0 Å². The van der Waals surface area contributed by atoms with Gasteiger partial charge in [0.2, 0.25) is 0 Å². The van der Waals surface area contributed by atoms with Crippen LogP contribution in [0.1, 0.15) is 12.5 Å². The minimum Gasteiger partial charge on any atom is -0.452 e. The zero-order valence-corrected chi connectivity index (χ0v) is 11.0. The molecule has 0 unspecified atom stereocenters. The Morgan fingerprint density at radius 3 is 2.85 bits per heavy atom. The van der Waals surface area contributed by atoms with E-state index in [2.05, 4.69) is 0 Å². The maximum atomic E-state index is 12.0. The molecule has 0 saturated carbocycles. The molecule has 1 fully saturated rings. The Morgan fingerprint density at radius 2 is 2.20 bits per heavy atom. The highest BCUT2D eigenvalue weighted by Crippen LogP contribution is 2.53. The third-order valence-corrected chi connectivity index (χ3v) is 4.06. The maximum Gasteiger partial charge on any atom is 0.417 e. The molecule has 1 amide bonds. The first-order valence-electron chi connectivity index (χ1n) is 6.12. The molecule has 0 radical (unpaired) electrons. The first-order valence-corrected chi connectivity index (χ1v) is 6.12. The van der Waals surface area contributed by atoms with E-state index in [1.807, 2.05) is 6.07 Å². The van der Waals surface area contributed by atoms with Gasteiger partial charge in [-0.15, -0.1) is 0 Å². The molecule has 6 nitrogen and oxygen atoms in total. The van der Waals surface area contributed by atoms with Crippen LogP contribution < -0.4 is 4.90 Å². The van der Waals surface area contributed by atoms with E-state index >= 15 is 0 Å². The van der Waals surface area contributed by atoms with Crippen LogP contribution in [0.3, 0.4) is 0 Å². The second kappa shape index (κ2) is 3.97. The van der Waals surface area contributed by atoms with Crippen LogP contribution >= 0.6 is 0 Å². The number of fused-ring (bicyclic) bond motifs is 3. The summed E-state index contributed by atoms with van der Waals surface area (Å²) in [4.78, 5) is 25.2. The van der Waals surface area contributed by atoms with E-state index < -0.39 is 29.6 Å². The second-order valence-electron chi connectivity index (χ2n) is 4.99. The Labute approximate surface area is 115 Å². The van der Waals surface area contributed by atoms with Crippen LogP contribution in [0, 0.1) is 17.2 Å². The van der Waals surface area contributed by atoms with E-state index in [9.17, 15) is 14.9 Å². The predicted octanol–water partition coefficient (Wildman–Crippen LogP) is 1.55. The number of para-hydroxylation sites is 1. The number of methoxy groups -OCH3 is 1. The zero-order valence-electron chi connectivity index (χ0n) is 11.0. The van der Waals surface area contributed by atoms with Crippen LogP contribution in [0.5, 0.6) is 0 Å². The summed E-state index contributed by atoms with van der Waals surface area (Å²) in [5, 5.41) is 9.27. The normalized spacial score (nSPS) is 30.2. The fourth-order valence-electron chi connectivity index (χ4n) is 3.04. The second-order valence-corrected chi connectivity index (χ2v) is 4.99. The van der Waals surface area contributed by atoms with Gasteiger partial charge in [0.25, 0.3) is 0 Å². The van der Waals surface area contributed by atoms with Crippen molar-refractivity contribution in [1.82, 2.24) is 0 Å². The van der Waals surface area contributed by atoms with Gasteiger partial charge in [-0.3, -0.25) is 4.79 Å². The number of carbonyl (C=O) groups excluding carboxylic acids is 2. The van der Waals surface area contributed by atoms with Gasteiger partial charge in [-0.2, -0.15) is 5.26 Å². The number of hydrogen-bond donors (Lipinski definition) is 0. The summed E-state index contributed by atoms with van der Waals surface area (Å²) in [5.41, 5.74) is 0.476. The molecule has 0 N–H and O–H groups in total. The summed E-state index contributed by atoms with van der Waals surface area (Å²) in [6.07, 6.45) is -1.46.